The minimum absolute atomic E-state index is 0.0290. The van der Waals surface area contributed by atoms with Crippen molar-refractivity contribution in [3.8, 4) is 0 Å². The normalized spacial score (nSPS) is 14.8. The molecule has 0 saturated heterocycles. The summed E-state index contributed by atoms with van der Waals surface area (Å²) >= 11 is 0. The number of anilines is 1. The fraction of sp³-hybridized carbons (Fsp3) is 0.533. The van der Waals surface area contributed by atoms with Crippen molar-refractivity contribution < 1.29 is 13.6 Å². The van der Waals surface area contributed by atoms with E-state index in [4.69, 9.17) is 0 Å². The molecule has 0 aromatic heterocycles. The van der Waals surface area contributed by atoms with Crippen molar-refractivity contribution in [2.24, 2.45) is 5.92 Å². The Balaban J connectivity index is 2.02. The fourth-order valence-corrected chi connectivity index (χ4v) is 2.16. The highest BCUT2D eigenvalue weighted by Crippen LogP contribution is 2.25. The Morgan fingerprint density at radius 3 is 2.45 bits per heavy atom. The Morgan fingerprint density at radius 1 is 1.30 bits per heavy atom. The number of nitrogens with one attached hydrogen (secondary N) is 2. The Kier molecular flexibility index (Phi) is 4.93. The number of rotatable bonds is 6. The van der Waals surface area contributed by atoms with Crippen molar-refractivity contribution in [2.75, 3.05) is 18.4 Å². The topological polar surface area (TPSA) is 41.1 Å². The predicted molar refractivity (Wildman–Crippen MR) is 74.8 cm³/mol. The summed E-state index contributed by atoms with van der Waals surface area (Å²) in [5.74, 6) is -1.37. The van der Waals surface area contributed by atoms with Crippen LogP contribution in [0, 0.1) is 17.6 Å². The lowest BCUT2D eigenvalue weighted by Gasteiger charge is -2.25. The van der Waals surface area contributed by atoms with Gasteiger partial charge in [0.15, 0.2) is 0 Å². The Labute approximate surface area is 117 Å². The van der Waals surface area contributed by atoms with Gasteiger partial charge in [0.1, 0.15) is 17.3 Å². The van der Waals surface area contributed by atoms with Gasteiger partial charge < -0.3 is 10.6 Å². The molecule has 1 aliphatic rings. The zero-order valence-corrected chi connectivity index (χ0v) is 11.6. The molecule has 110 valence electrons. The van der Waals surface area contributed by atoms with E-state index in [1.54, 1.807) is 0 Å². The second-order valence-corrected chi connectivity index (χ2v) is 5.25. The van der Waals surface area contributed by atoms with Crippen molar-refractivity contribution in [1.29, 1.82) is 0 Å². The summed E-state index contributed by atoms with van der Waals surface area (Å²) in [4.78, 5) is 11.9. The van der Waals surface area contributed by atoms with E-state index in [0.29, 0.717) is 19.0 Å². The van der Waals surface area contributed by atoms with Crippen LogP contribution in [-0.4, -0.2) is 19.0 Å². The molecule has 0 radical (unpaired) electrons. The maximum absolute atomic E-state index is 13.8. The van der Waals surface area contributed by atoms with Crippen molar-refractivity contribution in [3.63, 3.8) is 0 Å². The molecule has 0 heterocycles. The van der Waals surface area contributed by atoms with Crippen LogP contribution in [0.5, 0.6) is 0 Å². The third kappa shape index (κ3) is 3.46. The van der Waals surface area contributed by atoms with Crippen LogP contribution < -0.4 is 10.6 Å². The quantitative estimate of drug-likeness (QED) is 0.840. The summed E-state index contributed by atoms with van der Waals surface area (Å²) in [5, 5.41) is 5.41. The van der Waals surface area contributed by atoms with Gasteiger partial charge in [-0.25, -0.2) is 8.78 Å². The van der Waals surface area contributed by atoms with E-state index in [1.165, 1.54) is 6.42 Å². The van der Waals surface area contributed by atoms with Gasteiger partial charge in [-0.1, -0.05) is 13.3 Å². The van der Waals surface area contributed by atoms with E-state index in [9.17, 15) is 13.6 Å². The van der Waals surface area contributed by atoms with Gasteiger partial charge >= 0.3 is 0 Å². The number of carbonyl (C=O) groups excluding carboxylic acids is 1. The zero-order chi connectivity index (χ0) is 14.5. The number of hydrogen-bond donors (Lipinski definition) is 2. The van der Waals surface area contributed by atoms with Crippen LogP contribution >= 0.6 is 0 Å². The number of amides is 1. The lowest BCUT2D eigenvalue weighted by atomic mass is 9.85. The summed E-state index contributed by atoms with van der Waals surface area (Å²) < 4.78 is 27.6. The minimum atomic E-state index is -0.729. The van der Waals surface area contributed by atoms with Crippen LogP contribution in [0.3, 0.4) is 0 Å². The first kappa shape index (κ1) is 14.8. The number of carbonyl (C=O) groups is 1. The Morgan fingerprint density at radius 2 is 1.95 bits per heavy atom. The molecule has 1 aliphatic carbocycles. The molecule has 1 aromatic rings. The van der Waals surface area contributed by atoms with E-state index in [1.807, 2.05) is 6.92 Å². The van der Waals surface area contributed by atoms with E-state index >= 15 is 0 Å². The van der Waals surface area contributed by atoms with E-state index in [-0.39, 0.29) is 11.3 Å². The Bertz CT molecular complexity index is 464. The molecule has 0 aliphatic heterocycles. The van der Waals surface area contributed by atoms with Crippen LogP contribution in [-0.2, 0) is 0 Å². The molecule has 0 spiro atoms. The highest BCUT2D eigenvalue weighted by Gasteiger charge is 2.19. The molecular weight excluding hydrogens is 262 g/mol. The average molecular weight is 282 g/mol. The van der Waals surface area contributed by atoms with Gasteiger partial charge in [0.05, 0.1) is 0 Å². The lowest BCUT2D eigenvalue weighted by molar-refractivity contribution is 0.0938. The van der Waals surface area contributed by atoms with Gasteiger partial charge in [-0.2, -0.15) is 0 Å². The summed E-state index contributed by atoms with van der Waals surface area (Å²) in [6, 6.07) is 2.16. The van der Waals surface area contributed by atoms with Crippen LogP contribution in [0.15, 0.2) is 12.1 Å². The first-order valence-electron chi connectivity index (χ1n) is 7.13. The predicted octanol–water partition coefficient (Wildman–Crippen LogP) is 3.32. The van der Waals surface area contributed by atoms with Crippen LogP contribution in [0.1, 0.15) is 43.0 Å². The monoisotopic (exact) mass is 282 g/mol. The maximum atomic E-state index is 13.8. The minimum Gasteiger partial charge on any atom is -0.380 e. The molecular formula is C15H20F2N2O. The molecule has 1 amide bonds. The average Bonchev–Trinajstić information content (AvgIpc) is 2.35. The third-order valence-corrected chi connectivity index (χ3v) is 3.63. The molecule has 0 atom stereocenters. The van der Waals surface area contributed by atoms with Gasteiger partial charge in [0, 0.05) is 18.7 Å². The second-order valence-electron chi connectivity index (χ2n) is 5.25. The van der Waals surface area contributed by atoms with Crippen molar-refractivity contribution in [1.82, 2.24) is 5.32 Å². The largest absolute Gasteiger partial charge is 0.380 e. The van der Waals surface area contributed by atoms with Crippen LogP contribution in [0.4, 0.5) is 14.5 Å². The van der Waals surface area contributed by atoms with Gasteiger partial charge in [-0.3, -0.25) is 4.79 Å². The van der Waals surface area contributed by atoms with Crippen molar-refractivity contribution in [3.05, 3.63) is 29.3 Å². The van der Waals surface area contributed by atoms with Crippen LogP contribution in [0.2, 0.25) is 0 Å². The highest BCUT2D eigenvalue weighted by molar-refractivity contribution is 5.94. The van der Waals surface area contributed by atoms with Gasteiger partial charge in [-0.05, 0) is 37.3 Å². The number of halogens is 2. The van der Waals surface area contributed by atoms with Crippen molar-refractivity contribution >= 4 is 11.6 Å². The smallest absolute Gasteiger partial charge is 0.251 e. The molecule has 5 heteroatoms. The molecule has 3 nitrogen and oxygen atoms in total. The molecule has 2 N–H and O–H groups in total. The summed E-state index contributed by atoms with van der Waals surface area (Å²) in [6.07, 6.45) is 4.19. The molecule has 0 bridgehead atoms. The molecule has 20 heavy (non-hydrogen) atoms. The number of hydrogen-bond acceptors (Lipinski definition) is 2. The second kappa shape index (κ2) is 6.68. The zero-order valence-electron chi connectivity index (χ0n) is 11.6. The standard InChI is InChI=1S/C15H20F2N2O/c1-2-6-18-14-12(16)7-11(8-13(14)17)15(20)19-9-10-4-3-5-10/h7-8,10,18H,2-6,9H2,1H3,(H,19,20). The van der Waals surface area contributed by atoms with E-state index in [0.717, 1.165) is 31.4 Å². The fourth-order valence-electron chi connectivity index (χ4n) is 2.16. The van der Waals surface area contributed by atoms with Gasteiger partial charge in [0.2, 0.25) is 0 Å². The van der Waals surface area contributed by atoms with Crippen LogP contribution in [0.25, 0.3) is 0 Å². The number of benzene rings is 1. The van der Waals surface area contributed by atoms with E-state index < -0.39 is 17.5 Å². The van der Waals surface area contributed by atoms with Gasteiger partial charge in [0.25, 0.3) is 5.91 Å². The molecule has 2 rings (SSSR count). The molecule has 0 unspecified atom stereocenters. The maximum Gasteiger partial charge on any atom is 0.251 e. The van der Waals surface area contributed by atoms with Crippen molar-refractivity contribution in [2.45, 2.75) is 32.6 Å². The van der Waals surface area contributed by atoms with E-state index in [2.05, 4.69) is 10.6 Å². The van der Waals surface area contributed by atoms with Gasteiger partial charge in [-0.15, -0.1) is 0 Å². The lowest BCUT2D eigenvalue weighted by Crippen LogP contribution is -2.32. The summed E-state index contributed by atoms with van der Waals surface area (Å²) in [6.45, 7) is 2.98. The third-order valence-electron chi connectivity index (χ3n) is 3.63. The Hall–Kier alpha value is -1.65. The molecule has 1 aromatic carbocycles. The molecule has 1 saturated carbocycles. The summed E-state index contributed by atoms with van der Waals surface area (Å²) in [5.41, 5.74) is -0.135. The molecule has 1 fully saturated rings. The summed E-state index contributed by atoms with van der Waals surface area (Å²) in [7, 11) is 0. The SMILES string of the molecule is CCCNc1c(F)cc(C(=O)NCC2CCC2)cc1F. The highest BCUT2D eigenvalue weighted by atomic mass is 19.1. The first-order chi connectivity index (χ1) is 9.61. The first-order valence-corrected chi connectivity index (χ1v) is 7.13.